The second kappa shape index (κ2) is 9.54. The number of allylic oxidation sites excluding steroid dienone is 1. The number of aromatic nitrogens is 1. The number of fused-ring (bicyclic) bond motifs is 5. The molecular formula is C27H31N5O3. The van der Waals surface area contributed by atoms with E-state index < -0.39 is 0 Å². The Labute approximate surface area is 204 Å². The van der Waals surface area contributed by atoms with Crippen LogP contribution in [-0.4, -0.2) is 48.2 Å². The number of hydrogen-bond acceptors (Lipinski definition) is 5. The molecular weight excluding hydrogens is 442 g/mol. The Morgan fingerprint density at radius 1 is 1.37 bits per heavy atom. The van der Waals surface area contributed by atoms with Crippen LogP contribution in [0.3, 0.4) is 0 Å². The molecule has 0 spiro atoms. The largest absolute Gasteiger partial charge is 0.491 e. The summed E-state index contributed by atoms with van der Waals surface area (Å²) in [5, 5.41) is 5.83. The number of hydrogen-bond donors (Lipinski definition) is 4. The van der Waals surface area contributed by atoms with Gasteiger partial charge in [0.15, 0.2) is 0 Å². The number of dihydropyridines is 1. The Morgan fingerprint density at radius 2 is 2.23 bits per heavy atom. The minimum absolute atomic E-state index is 0.0216. The van der Waals surface area contributed by atoms with Crippen LogP contribution >= 0.6 is 0 Å². The molecule has 35 heavy (non-hydrogen) atoms. The van der Waals surface area contributed by atoms with E-state index in [0.717, 1.165) is 59.5 Å². The molecule has 1 aromatic carbocycles. The van der Waals surface area contributed by atoms with Gasteiger partial charge in [0.05, 0.1) is 29.6 Å². The Balaban J connectivity index is 1.52. The Kier molecular flexibility index (Phi) is 6.30. The number of ether oxygens (including phenoxy) is 1. The first-order chi connectivity index (χ1) is 17.0. The number of nitrogens with one attached hydrogen (secondary N) is 3. The highest BCUT2D eigenvalue weighted by molar-refractivity contribution is 6.15. The molecule has 0 saturated heterocycles. The summed E-state index contributed by atoms with van der Waals surface area (Å²) in [5.41, 5.74) is 13.1. The SMILES string of the molecule is C=CC(=O)Nc1cc(C2=NC(C)C3CCc4c([nH]c5c4C(=O)NCC5)C3=C2)ccc1OCCCN. The van der Waals surface area contributed by atoms with Gasteiger partial charge in [0, 0.05) is 35.8 Å². The van der Waals surface area contributed by atoms with Crippen LogP contribution in [0.1, 0.15) is 52.6 Å². The zero-order valence-electron chi connectivity index (χ0n) is 19.9. The third kappa shape index (κ3) is 4.30. The van der Waals surface area contributed by atoms with Crippen molar-refractivity contribution < 1.29 is 14.3 Å². The third-order valence-corrected chi connectivity index (χ3v) is 7.00. The molecule has 2 aromatic rings. The normalized spacial score (nSPS) is 20.5. The number of carbonyl (C=O) groups excluding carboxylic acids is 2. The predicted molar refractivity (Wildman–Crippen MR) is 137 cm³/mol. The Hall–Kier alpha value is -3.65. The van der Waals surface area contributed by atoms with Gasteiger partial charge in [-0.15, -0.1) is 0 Å². The average Bonchev–Trinajstić information content (AvgIpc) is 3.25. The lowest BCUT2D eigenvalue weighted by Crippen LogP contribution is -2.32. The van der Waals surface area contributed by atoms with Gasteiger partial charge in [-0.2, -0.15) is 0 Å². The molecule has 2 unspecified atom stereocenters. The third-order valence-electron chi connectivity index (χ3n) is 7.00. The fourth-order valence-electron chi connectivity index (χ4n) is 5.28. The Bertz CT molecular complexity index is 1260. The maximum absolute atomic E-state index is 12.6. The number of amides is 2. The van der Waals surface area contributed by atoms with E-state index in [1.54, 1.807) is 0 Å². The van der Waals surface area contributed by atoms with Gasteiger partial charge < -0.3 is 26.1 Å². The molecule has 2 amide bonds. The lowest BCUT2D eigenvalue weighted by atomic mass is 9.76. The van der Waals surface area contributed by atoms with E-state index in [4.69, 9.17) is 15.5 Å². The van der Waals surface area contributed by atoms with Gasteiger partial charge in [0.25, 0.3) is 5.91 Å². The van der Waals surface area contributed by atoms with E-state index in [9.17, 15) is 9.59 Å². The highest BCUT2D eigenvalue weighted by Gasteiger charge is 2.36. The summed E-state index contributed by atoms with van der Waals surface area (Å²) >= 11 is 0. The van der Waals surface area contributed by atoms with Crippen molar-refractivity contribution in [1.29, 1.82) is 0 Å². The van der Waals surface area contributed by atoms with Crippen LogP contribution in [0.15, 0.2) is 41.9 Å². The van der Waals surface area contributed by atoms with Gasteiger partial charge in [-0.1, -0.05) is 6.58 Å². The summed E-state index contributed by atoms with van der Waals surface area (Å²) in [6.45, 7) is 7.35. The summed E-state index contributed by atoms with van der Waals surface area (Å²) in [4.78, 5) is 33.2. The molecule has 0 bridgehead atoms. The standard InChI is InChI=1S/C27H31N5O3/c1-3-24(33)31-22-13-16(5-8-23(22)35-12-4-10-28)21-14-19-17(15(2)30-21)6-7-18-25-20(32-26(18)19)9-11-29-27(25)34/h3,5,8,13-15,17,32H,1,4,6-7,9-12,28H2,2H3,(H,29,34)(H,31,33). The zero-order chi connectivity index (χ0) is 24.5. The van der Waals surface area contributed by atoms with Crippen molar-refractivity contribution in [3.63, 3.8) is 0 Å². The van der Waals surface area contributed by atoms with Crippen LogP contribution in [0.25, 0.3) is 5.57 Å². The van der Waals surface area contributed by atoms with E-state index in [1.807, 2.05) is 18.2 Å². The first-order valence-corrected chi connectivity index (χ1v) is 12.2. The molecule has 2 atom stereocenters. The topological polar surface area (TPSA) is 122 Å². The Morgan fingerprint density at radius 3 is 3.03 bits per heavy atom. The van der Waals surface area contributed by atoms with E-state index in [2.05, 4.69) is 35.2 Å². The van der Waals surface area contributed by atoms with Gasteiger partial charge in [-0.05, 0) is 74.2 Å². The number of H-pyrrole nitrogens is 1. The highest BCUT2D eigenvalue weighted by Crippen LogP contribution is 2.43. The van der Waals surface area contributed by atoms with Crippen LogP contribution in [0.4, 0.5) is 5.69 Å². The van der Waals surface area contributed by atoms with Gasteiger partial charge >= 0.3 is 0 Å². The first kappa shape index (κ1) is 23.1. The number of nitrogens with zero attached hydrogens (tertiary/aromatic N) is 1. The summed E-state index contributed by atoms with van der Waals surface area (Å²) < 4.78 is 5.85. The molecule has 1 aromatic heterocycles. The predicted octanol–water partition coefficient (Wildman–Crippen LogP) is 2.99. The van der Waals surface area contributed by atoms with E-state index in [-0.39, 0.29) is 17.9 Å². The molecule has 8 nitrogen and oxygen atoms in total. The fourth-order valence-corrected chi connectivity index (χ4v) is 5.28. The van der Waals surface area contributed by atoms with Gasteiger partial charge in [-0.3, -0.25) is 14.6 Å². The molecule has 2 aliphatic heterocycles. The van der Waals surface area contributed by atoms with Crippen molar-refractivity contribution in [1.82, 2.24) is 10.3 Å². The van der Waals surface area contributed by atoms with Gasteiger partial charge in [0.2, 0.25) is 5.91 Å². The van der Waals surface area contributed by atoms with Crippen LogP contribution in [0.5, 0.6) is 5.75 Å². The number of benzene rings is 1. The summed E-state index contributed by atoms with van der Waals surface area (Å²) in [7, 11) is 0. The van der Waals surface area contributed by atoms with Crippen LogP contribution in [0, 0.1) is 5.92 Å². The second-order valence-corrected chi connectivity index (χ2v) is 9.23. The molecule has 182 valence electrons. The second-order valence-electron chi connectivity index (χ2n) is 9.23. The number of carbonyl (C=O) groups is 2. The lowest BCUT2D eigenvalue weighted by molar-refractivity contribution is -0.111. The molecule has 0 fully saturated rings. The van der Waals surface area contributed by atoms with Crippen molar-refractivity contribution in [3.8, 4) is 5.75 Å². The van der Waals surface area contributed by atoms with Gasteiger partial charge in [-0.25, -0.2) is 0 Å². The summed E-state index contributed by atoms with van der Waals surface area (Å²) in [6, 6.07) is 5.80. The minimum Gasteiger partial charge on any atom is -0.491 e. The number of anilines is 1. The fraction of sp³-hybridized carbons (Fsp3) is 0.370. The molecule has 1 aliphatic carbocycles. The molecule has 8 heteroatoms. The van der Waals surface area contributed by atoms with Crippen LogP contribution < -0.4 is 21.1 Å². The van der Waals surface area contributed by atoms with Gasteiger partial charge in [0.1, 0.15) is 5.75 Å². The number of nitrogens with two attached hydrogens (primary N) is 1. The smallest absolute Gasteiger partial charge is 0.253 e. The maximum Gasteiger partial charge on any atom is 0.253 e. The van der Waals surface area contributed by atoms with Crippen molar-refractivity contribution in [2.45, 2.75) is 38.6 Å². The quantitative estimate of drug-likeness (QED) is 0.365. The zero-order valence-corrected chi connectivity index (χ0v) is 19.9. The molecule has 0 saturated carbocycles. The lowest BCUT2D eigenvalue weighted by Gasteiger charge is -2.32. The van der Waals surface area contributed by atoms with Crippen molar-refractivity contribution in [2.75, 3.05) is 25.0 Å². The number of rotatable bonds is 7. The summed E-state index contributed by atoms with van der Waals surface area (Å²) in [6.07, 6.45) is 6.73. The average molecular weight is 474 g/mol. The minimum atomic E-state index is -0.310. The molecule has 5 rings (SSSR count). The van der Waals surface area contributed by atoms with Crippen molar-refractivity contribution >= 4 is 28.8 Å². The van der Waals surface area contributed by atoms with E-state index in [1.165, 1.54) is 11.6 Å². The maximum atomic E-state index is 12.6. The number of aromatic amines is 1. The molecule has 3 aliphatic rings. The highest BCUT2D eigenvalue weighted by atomic mass is 16.5. The van der Waals surface area contributed by atoms with Crippen molar-refractivity contribution in [2.24, 2.45) is 16.6 Å². The van der Waals surface area contributed by atoms with Crippen LogP contribution in [-0.2, 0) is 17.6 Å². The first-order valence-electron chi connectivity index (χ1n) is 12.2. The molecule has 0 radical (unpaired) electrons. The van der Waals surface area contributed by atoms with Crippen LogP contribution in [0.2, 0.25) is 0 Å². The van der Waals surface area contributed by atoms with E-state index in [0.29, 0.717) is 37.1 Å². The number of aliphatic imine (C=N–C) groups is 1. The molecule has 3 heterocycles. The van der Waals surface area contributed by atoms with Crippen molar-refractivity contribution in [3.05, 3.63) is 65.0 Å². The molecule has 5 N–H and O–H groups in total. The van der Waals surface area contributed by atoms with E-state index >= 15 is 0 Å². The monoisotopic (exact) mass is 473 g/mol. The summed E-state index contributed by atoms with van der Waals surface area (Å²) in [5.74, 6) is 0.590.